The zero-order valence-corrected chi connectivity index (χ0v) is 12.7. The molecular formula is C15H15ClN2OS. The average Bonchev–Trinajstić information content (AvgIpc) is 3.25. The fourth-order valence-corrected chi connectivity index (χ4v) is 3.19. The first-order valence-electron chi connectivity index (χ1n) is 6.52. The van der Waals surface area contributed by atoms with E-state index in [2.05, 4.69) is 16.6 Å². The molecule has 1 aromatic heterocycles. The number of carbonyl (C=O) groups excluding carboxylic acids is 1. The fourth-order valence-electron chi connectivity index (χ4n) is 2.20. The Morgan fingerprint density at radius 3 is 2.90 bits per heavy atom. The number of nitrogens with one attached hydrogen (secondary N) is 1. The maximum atomic E-state index is 12.2. The lowest BCUT2D eigenvalue weighted by Crippen LogP contribution is -2.32. The van der Waals surface area contributed by atoms with Crippen molar-refractivity contribution in [2.75, 3.05) is 12.8 Å². The Balaban J connectivity index is 1.81. The number of nitrogens with zero attached hydrogens (tertiary/aromatic N) is 1. The molecule has 1 aliphatic carbocycles. The van der Waals surface area contributed by atoms with Crippen molar-refractivity contribution in [3.05, 3.63) is 41.2 Å². The number of fused-ring (bicyclic) bond motifs is 1. The Labute approximate surface area is 127 Å². The number of benzene rings is 1. The first-order valence-corrected chi connectivity index (χ1v) is 8.12. The number of pyridine rings is 1. The molecule has 5 heteroatoms. The summed E-state index contributed by atoms with van der Waals surface area (Å²) in [6.45, 7) is 0.694. The van der Waals surface area contributed by atoms with E-state index in [-0.39, 0.29) is 10.7 Å². The second kappa shape index (κ2) is 5.26. The van der Waals surface area contributed by atoms with Crippen LogP contribution < -0.4 is 5.32 Å². The highest BCUT2D eigenvalue weighted by atomic mass is 35.5. The molecule has 2 aromatic rings. The molecule has 1 aromatic carbocycles. The van der Waals surface area contributed by atoms with Gasteiger partial charge in [0, 0.05) is 16.7 Å². The third kappa shape index (κ3) is 2.63. The third-order valence-electron chi connectivity index (χ3n) is 3.74. The van der Waals surface area contributed by atoms with Crippen LogP contribution >= 0.6 is 23.4 Å². The molecule has 0 spiro atoms. The molecule has 0 radical (unpaired) electrons. The Morgan fingerprint density at radius 1 is 1.45 bits per heavy atom. The second-order valence-electron chi connectivity index (χ2n) is 5.09. The van der Waals surface area contributed by atoms with E-state index < -0.39 is 0 Å². The van der Waals surface area contributed by atoms with E-state index in [9.17, 15) is 4.79 Å². The van der Waals surface area contributed by atoms with Crippen LogP contribution in [0.25, 0.3) is 10.8 Å². The summed E-state index contributed by atoms with van der Waals surface area (Å²) < 4.78 is 0.246. The highest BCUT2D eigenvalue weighted by Crippen LogP contribution is 2.46. The number of rotatable bonds is 4. The maximum absolute atomic E-state index is 12.2. The van der Waals surface area contributed by atoms with Crippen LogP contribution in [0, 0.1) is 0 Å². The predicted octanol–water partition coefficient (Wildman–Crippen LogP) is 3.51. The van der Waals surface area contributed by atoms with E-state index in [0.717, 1.165) is 10.8 Å². The number of hydrogen-bond donors (Lipinski definition) is 1. The molecule has 0 aliphatic heterocycles. The van der Waals surface area contributed by atoms with E-state index >= 15 is 0 Å². The molecule has 3 rings (SSSR count). The molecule has 3 nitrogen and oxygen atoms in total. The van der Waals surface area contributed by atoms with Gasteiger partial charge in [-0.25, -0.2) is 4.98 Å². The van der Waals surface area contributed by atoms with Crippen LogP contribution in [0.3, 0.4) is 0 Å². The largest absolute Gasteiger partial charge is 0.349 e. The predicted molar refractivity (Wildman–Crippen MR) is 84.6 cm³/mol. The number of thioether (sulfide) groups is 1. The average molecular weight is 307 g/mol. The molecule has 0 bridgehead atoms. The summed E-state index contributed by atoms with van der Waals surface area (Å²) in [5.41, 5.74) is 0.380. The van der Waals surface area contributed by atoms with Crippen molar-refractivity contribution in [1.82, 2.24) is 10.3 Å². The normalized spacial score (nSPS) is 16.1. The van der Waals surface area contributed by atoms with Gasteiger partial charge in [0.05, 0.1) is 0 Å². The SMILES string of the molecule is CSC1(CNC(=O)c2cc3ccccc3c(Cl)n2)CC1. The Kier molecular flexibility index (Phi) is 3.61. The monoisotopic (exact) mass is 306 g/mol. The van der Waals surface area contributed by atoms with Gasteiger partial charge in [0.1, 0.15) is 10.8 Å². The van der Waals surface area contributed by atoms with Crippen LogP contribution in [-0.4, -0.2) is 28.4 Å². The summed E-state index contributed by atoms with van der Waals surface area (Å²) in [6.07, 6.45) is 4.42. The maximum Gasteiger partial charge on any atom is 0.270 e. The van der Waals surface area contributed by atoms with Gasteiger partial charge in [0.25, 0.3) is 5.91 Å². The van der Waals surface area contributed by atoms with Gasteiger partial charge < -0.3 is 5.32 Å². The summed E-state index contributed by atoms with van der Waals surface area (Å²) in [5.74, 6) is -0.155. The zero-order valence-electron chi connectivity index (χ0n) is 11.1. The van der Waals surface area contributed by atoms with E-state index in [4.69, 9.17) is 11.6 Å². The quantitative estimate of drug-likeness (QED) is 0.879. The molecule has 0 saturated heterocycles. The topological polar surface area (TPSA) is 42.0 Å². The number of hydrogen-bond acceptors (Lipinski definition) is 3. The molecular weight excluding hydrogens is 292 g/mol. The van der Waals surface area contributed by atoms with Crippen molar-refractivity contribution in [1.29, 1.82) is 0 Å². The van der Waals surface area contributed by atoms with Gasteiger partial charge >= 0.3 is 0 Å². The minimum atomic E-state index is -0.155. The van der Waals surface area contributed by atoms with Crippen molar-refractivity contribution in [2.45, 2.75) is 17.6 Å². The smallest absolute Gasteiger partial charge is 0.270 e. The lowest BCUT2D eigenvalue weighted by atomic mass is 10.1. The molecule has 1 aliphatic rings. The van der Waals surface area contributed by atoms with Crippen LogP contribution in [0.2, 0.25) is 5.15 Å². The summed E-state index contributed by atoms with van der Waals surface area (Å²) >= 11 is 7.96. The Hall–Kier alpha value is -1.26. The first kappa shape index (κ1) is 13.7. The van der Waals surface area contributed by atoms with E-state index in [0.29, 0.717) is 17.4 Å². The van der Waals surface area contributed by atoms with Gasteiger partial charge in [-0.2, -0.15) is 11.8 Å². The standard InChI is InChI=1S/C15H15ClN2OS/c1-20-15(6-7-15)9-17-14(19)12-8-10-4-2-3-5-11(10)13(16)18-12/h2-5,8H,6-7,9H2,1H3,(H,17,19). The van der Waals surface area contributed by atoms with Gasteiger partial charge in [0.15, 0.2) is 0 Å². The first-order chi connectivity index (χ1) is 9.63. The van der Waals surface area contributed by atoms with Crippen LogP contribution in [0.4, 0.5) is 0 Å². The van der Waals surface area contributed by atoms with Crippen molar-refractivity contribution >= 4 is 40.0 Å². The number of amides is 1. The summed E-state index contributed by atoms with van der Waals surface area (Å²) in [7, 11) is 0. The molecule has 1 saturated carbocycles. The lowest BCUT2D eigenvalue weighted by Gasteiger charge is -2.13. The van der Waals surface area contributed by atoms with Crippen molar-refractivity contribution in [2.24, 2.45) is 0 Å². The Morgan fingerprint density at radius 2 is 2.20 bits per heavy atom. The van der Waals surface area contributed by atoms with Crippen LogP contribution in [0.1, 0.15) is 23.3 Å². The summed E-state index contributed by atoms with van der Waals surface area (Å²) in [5, 5.41) is 5.14. The van der Waals surface area contributed by atoms with Crippen molar-refractivity contribution in [3.8, 4) is 0 Å². The van der Waals surface area contributed by atoms with E-state index in [1.54, 1.807) is 6.07 Å². The van der Waals surface area contributed by atoms with Crippen LogP contribution in [-0.2, 0) is 0 Å². The van der Waals surface area contributed by atoms with Gasteiger partial charge in [0.2, 0.25) is 0 Å². The molecule has 1 amide bonds. The fraction of sp³-hybridized carbons (Fsp3) is 0.333. The third-order valence-corrected chi connectivity index (χ3v) is 5.45. The molecule has 0 unspecified atom stereocenters. The molecule has 1 fully saturated rings. The number of halogens is 1. The molecule has 20 heavy (non-hydrogen) atoms. The van der Waals surface area contributed by atoms with Gasteiger partial charge in [-0.15, -0.1) is 0 Å². The van der Waals surface area contributed by atoms with Crippen LogP contribution in [0.15, 0.2) is 30.3 Å². The van der Waals surface area contributed by atoms with Gasteiger partial charge in [-0.3, -0.25) is 4.79 Å². The molecule has 0 atom stereocenters. The van der Waals surface area contributed by atoms with Crippen LogP contribution in [0.5, 0.6) is 0 Å². The van der Waals surface area contributed by atoms with Crippen molar-refractivity contribution in [3.63, 3.8) is 0 Å². The lowest BCUT2D eigenvalue weighted by molar-refractivity contribution is 0.0948. The van der Waals surface area contributed by atoms with Crippen molar-refractivity contribution < 1.29 is 4.79 Å². The van der Waals surface area contributed by atoms with E-state index in [1.165, 1.54) is 12.8 Å². The Bertz CT molecular complexity index is 670. The zero-order chi connectivity index (χ0) is 14.2. The number of carbonyl (C=O) groups is 1. The summed E-state index contributed by atoms with van der Waals surface area (Å²) in [6, 6.07) is 9.46. The minimum Gasteiger partial charge on any atom is -0.349 e. The van der Waals surface area contributed by atoms with Gasteiger partial charge in [-0.1, -0.05) is 35.9 Å². The summed E-state index contributed by atoms with van der Waals surface area (Å²) in [4.78, 5) is 16.4. The molecule has 1 heterocycles. The molecule has 1 N–H and O–H groups in total. The minimum absolute atomic E-state index is 0.155. The highest BCUT2D eigenvalue weighted by molar-refractivity contribution is 8.00. The number of aromatic nitrogens is 1. The van der Waals surface area contributed by atoms with Gasteiger partial charge in [-0.05, 0) is 30.6 Å². The van der Waals surface area contributed by atoms with E-state index in [1.807, 2.05) is 36.0 Å². The molecule has 104 valence electrons. The highest BCUT2D eigenvalue weighted by Gasteiger charge is 2.42. The second-order valence-corrected chi connectivity index (χ2v) is 6.72.